The number of carbonyl (C=O) groups is 3. The van der Waals surface area contributed by atoms with Gasteiger partial charge in [-0.05, 0) is 79.2 Å². The zero-order chi connectivity index (χ0) is 41.0. The van der Waals surface area contributed by atoms with Gasteiger partial charge in [0.05, 0.1) is 43.0 Å². The molecule has 12 nitrogen and oxygen atoms in total. The van der Waals surface area contributed by atoms with Gasteiger partial charge < -0.3 is 29.8 Å². The fourth-order valence-electron chi connectivity index (χ4n) is 8.38. The van der Waals surface area contributed by atoms with E-state index in [-0.39, 0.29) is 23.9 Å². The summed E-state index contributed by atoms with van der Waals surface area (Å²) in [6, 6.07) is 31.6. The Morgan fingerprint density at radius 3 is 1.71 bits per heavy atom. The first-order chi connectivity index (χ1) is 28.7. The predicted molar refractivity (Wildman–Crippen MR) is 227 cm³/mol. The second kappa shape index (κ2) is 17.3. The Labute approximate surface area is 348 Å². The van der Waals surface area contributed by atoms with Crippen molar-refractivity contribution in [2.75, 3.05) is 34.3 Å². The number of carbonyl (C=O) groups excluding carboxylic acids is 3. The zero-order valence-corrected chi connectivity index (χ0v) is 34.0. The van der Waals surface area contributed by atoms with Crippen molar-refractivity contribution in [2.24, 2.45) is 0 Å². The number of rotatable bonds is 11. The van der Waals surface area contributed by atoms with Crippen molar-refractivity contribution in [2.45, 2.75) is 49.9 Å². The summed E-state index contributed by atoms with van der Waals surface area (Å²) in [4.78, 5) is 62.2. The quantitative estimate of drug-likeness (QED) is 0.119. The molecule has 2 aromatic heterocycles. The largest absolute Gasteiger partial charge is 0.453 e. The fraction of sp³-hybridized carbons (Fsp3) is 0.283. The number of nitrogens with one attached hydrogen (secondary N) is 3. The first kappa shape index (κ1) is 39.6. The number of imidazole rings is 2. The molecule has 2 aliphatic rings. The smallest absolute Gasteiger partial charge is 0.407 e. The molecule has 8 rings (SSSR count). The van der Waals surface area contributed by atoms with E-state index >= 15 is 0 Å². The average Bonchev–Trinajstić information content (AvgIpc) is 4.11. The second-order valence-electron chi connectivity index (χ2n) is 15.3. The summed E-state index contributed by atoms with van der Waals surface area (Å²) in [5.74, 6) is 1.30. The summed E-state index contributed by atoms with van der Waals surface area (Å²) in [7, 11) is 5.10. The van der Waals surface area contributed by atoms with Crippen LogP contribution in [-0.2, 0) is 14.3 Å². The van der Waals surface area contributed by atoms with Crippen LogP contribution in [0.1, 0.15) is 72.6 Å². The maximum Gasteiger partial charge on any atom is 0.407 e. The Bertz CT molecular complexity index is 2410. The molecule has 59 heavy (non-hydrogen) atoms. The minimum Gasteiger partial charge on any atom is -0.453 e. The van der Waals surface area contributed by atoms with E-state index in [1.54, 1.807) is 11.1 Å². The van der Waals surface area contributed by atoms with E-state index in [0.717, 1.165) is 70.7 Å². The highest BCUT2D eigenvalue weighted by atomic mass is 35.5. The highest BCUT2D eigenvalue weighted by molar-refractivity contribution is 6.31. The first-order valence-electron chi connectivity index (χ1n) is 19.9. The summed E-state index contributed by atoms with van der Waals surface area (Å²) >= 11 is 6.55. The van der Waals surface area contributed by atoms with Crippen molar-refractivity contribution in [3.8, 4) is 33.6 Å². The number of likely N-dealkylation sites (tertiary alicyclic amines) is 2. The van der Waals surface area contributed by atoms with Gasteiger partial charge in [-0.25, -0.2) is 14.8 Å². The summed E-state index contributed by atoms with van der Waals surface area (Å²) in [6.45, 7) is 1.22. The van der Waals surface area contributed by atoms with Crippen LogP contribution in [0.2, 0.25) is 5.02 Å². The Morgan fingerprint density at radius 1 is 0.712 bits per heavy atom. The first-order valence-corrected chi connectivity index (χ1v) is 20.3. The fourth-order valence-corrected chi connectivity index (χ4v) is 8.62. The predicted octanol–water partition coefficient (Wildman–Crippen LogP) is 8.51. The van der Waals surface area contributed by atoms with Crippen molar-refractivity contribution < 1.29 is 19.1 Å². The van der Waals surface area contributed by atoms with Crippen molar-refractivity contribution in [3.05, 3.63) is 143 Å². The Kier molecular flexibility index (Phi) is 11.6. The van der Waals surface area contributed by atoms with Crippen LogP contribution in [0.25, 0.3) is 33.6 Å². The molecular formula is C46H47ClN8O4. The lowest BCUT2D eigenvalue weighted by Crippen LogP contribution is -2.42. The van der Waals surface area contributed by atoms with Crippen molar-refractivity contribution in [3.63, 3.8) is 0 Å². The molecule has 3 N–H and O–H groups in total. The number of alkyl carbamates (subject to hydrolysis) is 1. The van der Waals surface area contributed by atoms with Crippen LogP contribution >= 0.6 is 11.6 Å². The summed E-state index contributed by atoms with van der Waals surface area (Å²) in [5, 5.41) is 3.30. The van der Waals surface area contributed by atoms with E-state index < -0.39 is 18.2 Å². The number of aromatic nitrogens is 4. The maximum atomic E-state index is 14.0. The van der Waals surface area contributed by atoms with Gasteiger partial charge in [0.2, 0.25) is 5.91 Å². The number of hydrogen-bond donors (Lipinski definition) is 3. The molecule has 3 amide bonds. The van der Waals surface area contributed by atoms with E-state index in [0.29, 0.717) is 29.5 Å². The SMILES string of the molecule is COC(=O)N[C@@H](C(=O)N1CCC[C@H]1c1ncc(-c2ccc(-c3ccc(-c4cnc([C@@H]5CCCN5C(=O)[C@@H](c5ccccc5Cl)N(C)C)[nH]4)cc3)cc2)[nH]1)c1ccccc1. The van der Waals surface area contributed by atoms with E-state index in [2.05, 4.69) is 63.8 Å². The monoisotopic (exact) mass is 810 g/mol. The number of methoxy groups -OCH3 is 1. The van der Waals surface area contributed by atoms with E-state index in [4.69, 9.17) is 26.3 Å². The Balaban J connectivity index is 0.931. The minimum atomic E-state index is -0.875. The molecule has 0 spiro atoms. The van der Waals surface area contributed by atoms with Gasteiger partial charge in [0, 0.05) is 18.1 Å². The minimum absolute atomic E-state index is 0.0166. The summed E-state index contributed by atoms with van der Waals surface area (Å²) < 4.78 is 4.83. The summed E-state index contributed by atoms with van der Waals surface area (Å²) in [6.07, 6.45) is 6.30. The third kappa shape index (κ3) is 8.23. The molecule has 0 unspecified atom stereocenters. The molecule has 0 aliphatic carbocycles. The van der Waals surface area contributed by atoms with Crippen LogP contribution in [0.4, 0.5) is 4.79 Å². The van der Waals surface area contributed by atoms with Crippen molar-refractivity contribution >= 4 is 29.5 Å². The molecular weight excluding hydrogens is 764 g/mol. The number of H-pyrrole nitrogens is 2. The molecule has 4 heterocycles. The molecule has 2 saturated heterocycles. The van der Waals surface area contributed by atoms with Gasteiger partial charge in [-0.2, -0.15) is 0 Å². The van der Waals surface area contributed by atoms with Crippen LogP contribution < -0.4 is 5.32 Å². The number of nitrogens with zero attached hydrogens (tertiary/aromatic N) is 5. The Hall–Kier alpha value is -6.24. The lowest BCUT2D eigenvalue weighted by molar-refractivity contribution is -0.137. The number of ether oxygens (including phenoxy) is 1. The number of benzene rings is 4. The van der Waals surface area contributed by atoms with Crippen molar-refractivity contribution in [1.82, 2.24) is 40.0 Å². The van der Waals surface area contributed by atoms with Crippen LogP contribution in [-0.4, -0.2) is 86.8 Å². The van der Waals surface area contributed by atoms with Crippen LogP contribution in [0.5, 0.6) is 0 Å². The van der Waals surface area contributed by atoms with Gasteiger partial charge in [-0.3, -0.25) is 14.5 Å². The number of amides is 3. The van der Waals surface area contributed by atoms with E-state index in [1.807, 2.05) is 84.7 Å². The van der Waals surface area contributed by atoms with Gasteiger partial charge in [-0.1, -0.05) is 109 Å². The lowest BCUT2D eigenvalue weighted by atomic mass is 10.0. The van der Waals surface area contributed by atoms with Gasteiger partial charge in [-0.15, -0.1) is 0 Å². The molecule has 4 aromatic carbocycles. The molecule has 0 saturated carbocycles. The zero-order valence-electron chi connectivity index (χ0n) is 33.3. The third-order valence-electron chi connectivity index (χ3n) is 11.4. The number of halogens is 1. The van der Waals surface area contributed by atoms with Gasteiger partial charge in [0.25, 0.3) is 5.91 Å². The molecule has 6 aromatic rings. The third-order valence-corrected chi connectivity index (χ3v) is 11.7. The number of likely N-dealkylation sites (N-methyl/N-ethyl adjacent to an activating group) is 1. The second-order valence-corrected chi connectivity index (χ2v) is 15.7. The maximum absolute atomic E-state index is 14.0. The topological polar surface area (TPSA) is 140 Å². The molecule has 2 aliphatic heterocycles. The molecule has 0 radical (unpaired) electrons. The van der Waals surface area contributed by atoms with Crippen LogP contribution in [0.3, 0.4) is 0 Å². The standard InChI is InChI=1S/C46H47ClN8O4/c1-53(2)41(34-13-7-8-14-35(34)47)45(57)55-26-10-16-39(55)43-49-28-37(51-43)32-23-19-30(20-24-32)29-17-21-31(22-18-29)36-27-48-42(50-36)38-15-9-25-54(38)44(56)40(52-46(58)59-3)33-11-5-4-6-12-33/h4-8,11-14,17-24,27-28,38-41H,9-10,15-16,25-26H2,1-3H3,(H,48,50)(H,49,51)(H,52,58)/t38-,39-,40+,41+/m0/s1. The highest BCUT2D eigenvalue weighted by Crippen LogP contribution is 2.38. The van der Waals surface area contributed by atoms with Crippen molar-refractivity contribution in [1.29, 1.82) is 0 Å². The molecule has 0 bridgehead atoms. The van der Waals surface area contributed by atoms with Gasteiger partial charge in [0.1, 0.15) is 23.7 Å². The van der Waals surface area contributed by atoms with Crippen LogP contribution in [0, 0.1) is 0 Å². The highest BCUT2D eigenvalue weighted by Gasteiger charge is 2.39. The average molecular weight is 811 g/mol. The molecule has 4 atom stereocenters. The van der Waals surface area contributed by atoms with Crippen LogP contribution in [0.15, 0.2) is 116 Å². The van der Waals surface area contributed by atoms with Gasteiger partial charge >= 0.3 is 6.09 Å². The molecule has 13 heteroatoms. The number of hydrogen-bond acceptors (Lipinski definition) is 7. The van der Waals surface area contributed by atoms with E-state index in [9.17, 15) is 14.4 Å². The lowest BCUT2D eigenvalue weighted by Gasteiger charge is -2.32. The van der Waals surface area contributed by atoms with E-state index in [1.165, 1.54) is 7.11 Å². The molecule has 2 fully saturated rings. The molecule has 302 valence electrons. The van der Waals surface area contributed by atoms with Gasteiger partial charge in [0.15, 0.2) is 0 Å². The number of aromatic amines is 2. The Morgan fingerprint density at radius 2 is 1.20 bits per heavy atom. The normalized spacial score (nSPS) is 17.6. The summed E-state index contributed by atoms with van der Waals surface area (Å²) in [5.41, 5.74) is 7.34.